The fourth-order valence-corrected chi connectivity index (χ4v) is 2.24. The lowest BCUT2D eigenvalue weighted by Gasteiger charge is -2.27. The summed E-state index contributed by atoms with van der Waals surface area (Å²) in [5.41, 5.74) is 8.23. The number of benzene rings is 1. The van der Waals surface area contributed by atoms with E-state index >= 15 is 0 Å². The summed E-state index contributed by atoms with van der Waals surface area (Å²) >= 11 is 0. The molecule has 1 aliphatic heterocycles. The lowest BCUT2D eigenvalue weighted by atomic mass is 9.90. The van der Waals surface area contributed by atoms with Crippen molar-refractivity contribution in [3.05, 3.63) is 23.3 Å². The maximum Gasteiger partial charge on any atom is 0.126 e. The number of fused-ring (bicyclic) bond motifs is 1. The zero-order chi connectivity index (χ0) is 11.5. The average molecular weight is 222 g/mol. The van der Waals surface area contributed by atoms with Crippen molar-refractivity contribution in [1.82, 2.24) is 5.32 Å². The number of methoxy groups -OCH3 is 2. The zero-order valence-corrected chi connectivity index (χ0v) is 9.75. The van der Waals surface area contributed by atoms with E-state index < -0.39 is 0 Å². The summed E-state index contributed by atoms with van der Waals surface area (Å²) in [4.78, 5) is 0. The molecule has 1 aromatic carbocycles. The molecule has 0 saturated carbocycles. The zero-order valence-electron chi connectivity index (χ0n) is 9.75. The quantitative estimate of drug-likeness (QED) is 0.796. The SMILES string of the molecule is COc1cc2c(c(OC)c1)C(CN)CNC2. The summed E-state index contributed by atoms with van der Waals surface area (Å²) < 4.78 is 10.7. The topological polar surface area (TPSA) is 56.5 Å². The van der Waals surface area contributed by atoms with E-state index in [0.29, 0.717) is 12.5 Å². The Labute approximate surface area is 95.7 Å². The van der Waals surface area contributed by atoms with Crippen molar-refractivity contribution in [3.8, 4) is 11.5 Å². The van der Waals surface area contributed by atoms with E-state index in [0.717, 1.165) is 24.6 Å². The molecule has 3 N–H and O–H groups in total. The maximum absolute atomic E-state index is 5.79. The molecule has 0 bridgehead atoms. The molecule has 0 spiro atoms. The summed E-state index contributed by atoms with van der Waals surface area (Å²) in [7, 11) is 3.35. The molecule has 1 unspecified atom stereocenters. The summed E-state index contributed by atoms with van der Waals surface area (Å²) in [6.45, 7) is 2.38. The Balaban J connectivity index is 2.50. The average Bonchev–Trinajstić information content (AvgIpc) is 2.36. The largest absolute Gasteiger partial charge is 0.497 e. The Morgan fingerprint density at radius 2 is 2.19 bits per heavy atom. The fraction of sp³-hybridized carbons (Fsp3) is 0.500. The van der Waals surface area contributed by atoms with Gasteiger partial charge >= 0.3 is 0 Å². The Kier molecular flexibility index (Phi) is 3.31. The van der Waals surface area contributed by atoms with Crippen LogP contribution in [0.1, 0.15) is 17.0 Å². The Hall–Kier alpha value is -1.26. The molecular weight excluding hydrogens is 204 g/mol. The predicted octanol–water partition coefficient (Wildman–Crippen LogP) is 0.849. The molecule has 0 saturated heterocycles. The van der Waals surface area contributed by atoms with Crippen LogP contribution in [0.5, 0.6) is 11.5 Å². The van der Waals surface area contributed by atoms with Crippen LogP contribution in [-0.2, 0) is 6.54 Å². The summed E-state index contributed by atoms with van der Waals surface area (Å²) in [6, 6.07) is 3.97. The standard InChI is InChI=1S/C12H18N2O2/c1-15-10-3-8-6-14-7-9(5-13)12(8)11(4-10)16-2/h3-4,9,14H,5-7,13H2,1-2H3. The van der Waals surface area contributed by atoms with Crippen LogP contribution in [0.4, 0.5) is 0 Å². The number of nitrogens with two attached hydrogens (primary N) is 1. The second-order valence-corrected chi connectivity index (χ2v) is 3.97. The highest BCUT2D eigenvalue weighted by atomic mass is 16.5. The second kappa shape index (κ2) is 4.72. The lowest BCUT2D eigenvalue weighted by Crippen LogP contribution is -2.32. The molecule has 1 aromatic rings. The molecule has 88 valence electrons. The molecule has 2 rings (SSSR count). The van der Waals surface area contributed by atoms with Gasteiger partial charge in [0.1, 0.15) is 11.5 Å². The first-order valence-corrected chi connectivity index (χ1v) is 5.45. The van der Waals surface area contributed by atoms with E-state index in [1.807, 2.05) is 12.1 Å². The number of nitrogens with one attached hydrogen (secondary N) is 1. The number of hydrogen-bond donors (Lipinski definition) is 2. The summed E-state index contributed by atoms with van der Waals surface area (Å²) in [5.74, 6) is 2.03. The first-order chi connectivity index (χ1) is 7.80. The highest BCUT2D eigenvalue weighted by Gasteiger charge is 2.23. The molecule has 1 aliphatic rings. The molecule has 16 heavy (non-hydrogen) atoms. The van der Waals surface area contributed by atoms with Crippen LogP contribution in [-0.4, -0.2) is 27.3 Å². The van der Waals surface area contributed by atoms with Gasteiger partial charge in [-0.3, -0.25) is 0 Å². The number of hydrogen-bond acceptors (Lipinski definition) is 4. The van der Waals surface area contributed by atoms with Gasteiger partial charge in [0.05, 0.1) is 14.2 Å². The lowest BCUT2D eigenvalue weighted by molar-refractivity contribution is 0.381. The predicted molar refractivity (Wildman–Crippen MR) is 63.0 cm³/mol. The Morgan fingerprint density at radius 1 is 1.38 bits per heavy atom. The third-order valence-electron chi connectivity index (χ3n) is 3.06. The van der Waals surface area contributed by atoms with Crippen LogP contribution < -0.4 is 20.5 Å². The van der Waals surface area contributed by atoms with Crippen molar-refractivity contribution < 1.29 is 9.47 Å². The molecule has 1 heterocycles. The summed E-state index contributed by atoms with van der Waals surface area (Å²) in [5, 5.41) is 3.35. The van der Waals surface area contributed by atoms with Crippen molar-refractivity contribution in [2.75, 3.05) is 27.3 Å². The third kappa shape index (κ3) is 1.86. The van der Waals surface area contributed by atoms with Gasteiger partial charge in [-0.05, 0) is 11.6 Å². The minimum Gasteiger partial charge on any atom is -0.497 e. The van der Waals surface area contributed by atoms with Gasteiger partial charge in [-0.1, -0.05) is 0 Å². The molecule has 0 fully saturated rings. The minimum absolute atomic E-state index is 0.324. The molecule has 1 atom stereocenters. The second-order valence-electron chi connectivity index (χ2n) is 3.97. The van der Waals surface area contributed by atoms with E-state index in [-0.39, 0.29) is 0 Å². The van der Waals surface area contributed by atoms with Gasteiger partial charge in [0.15, 0.2) is 0 Å². The van der Waals surface area contributed by atoms with Crippen LogP contribution in [0.2, 0.25) is 0 Å². The van der Waals surface area contributed by atoms with Gasteiger partial charge in [-0.15, -0.1) is 0 Å². The highest BCUT2D eigenvalue weighted by molar-refractivity contribution is 5.50. The number of rotatable bonds is 3. The van der Waals surface area contributed by atoms with Gasteiger partial charge in [0.2, 0.25) is 0 Å². The molecule has 0 aromatic heterocycles. The van der Waals surface area contributed by atoms with E-state index in [1.165, 1.54) is 11.1 Å². The molecule has 4 heteroatoms. The molecule has 0 amide bonds. The highest BCUT2D eigenvalue weighted by Crippen LogP contribution is 2.35. The minimum atomic E-state index is 0.324. The normalized spacial score (nSPS) is 19.1. The van der Waals surface area contributed by atoms with Crippen LogP contribution in [0, 0.1) is 0 Å². The van der Waals surface area contributed by atoms with Crippen LogP contribution in [0.25, 0.3) is 0 Å². The van der Waals surface area contributed by atoms with Crippen LogP contribution in [0.3, 0.4) is 0 Å². The molecule has 0 aliphatic carbocycles. The summed E-state index contributed by atoms with van der Waals surface area (Å²) in [6.07, 6.45) is 0. The van der Waals surface area contributed by atoms with Gasteiger partial charge in [-0.25, -0.2) is 0 Å². The first kappa shape index (κ1) is 11.2. The van der Waals surface area contributed by atoms with Gasteiger partial charge in [-0.2, -0.15) is 0 Å². The van der Waals surface area contributed by atoms with Crippen molar-refractivity contribution >= 4 is 0 Å². The van der Waals surface area contributed by atoms with Gasteiger partial charge < -0.3 is 20.5 Å². The smallest absolute Gasteiger partial charge is 0.126 e. The third-order valence-corrected chi connectivity index (χ3v) is 3.06. The van der Waals surface area contributed by atoms with Crippen molar-refractivity contribution in [3.63, 3.8) is 0 Å². The Bertz CT molecular complexity index is 362. The van der Waals surface area contributed by atoms with Crippen molar-refractivity contribution in [2.24, 2.45) is 5.73 Å². The first-order valence-electron chi connectivity index (χ1n) is 5.45. The van der Waals surface area contributed by atoms with Crippen molar-refractivity contribution in [2.45, 2.75) is 12.5 Å². The number of ether oxygens (including phenoxy) is 2. The van der Waals surface area contributed by atoms with Gasteiger partial charge in [0, 0.05) is 37.2 Å². The maximum atomic E-state index is 5.79. The molecule has 0 radical (unpaired) electrons. The molecular formula is C12H18N2O2. The van der Waals surface area contributed by atoms with Crippen LogP contribution >= 0.6 is 0 Å². The van der Waals surface area contributed by atoms with Crippen molar-refractivity contribution in [1.29, 1.82) is 0 Å². The Morgan fingerprint density at radius 3 is 2.81 bits per heavy atom. The molecule has 4 nitrogen and oxygen atoms in total. The fourth-order valence-electron chi connectivity index (χ4n) is 2.24. The van der Waals surface area contributed by atoms with E-state index in [1.54, 1.807) is 14.2 Å². The van der Waals surface area contributed by atoms with Gasteiger partial charge in [0.25, 0.3) is 0 Å². The monoisotopic (exact) mass is 222 g/mol. The van der Waals surface area contributed by atoms with E-state index in [2.05, 4.69) is 5.32 Å². The van der Waals surface area contributed by atoms with E-state index in [4.69, 9.17) is 15.2 Å². The van der Waals surface area contributed by atoms with E-state index in [9.17, 15) is 0 Å². The van der Waals surface area contributed by atoms with Crippen LogP contribution in [0.15, 0.2) is 12.1 Å².